The summed E-state index contributed by atoms with van der Waals surface area (Å²) in [5.74, 6) is 0.0863. The number of hydrogen-bond donors (Lipinski definition) is 1. The van der Waals surface area contributed by atoms with Crippen LogP contribution in [0.25, 0.3) is 0 Å². The lowest BCUT2D eigenvalue weighted by molar-refractivity contribution is -0.117. The van der Waals surface area contributed by atoms with Crippen LogP contribution in [0, 0.1) is 24.2 Å². The molecular formula is C18H16N2O2S. The van der Waals surface area contributed by atoms with Gasteiger partial charge in [0.25, 0.3) is 0 Å². The van der Waals surface area contributed by atoms with Crippen LogP contribution >= 0.6 is 0 Å². The standard InChI is InChI=1S/C18H16N2O2S/c1-12-2-7-16(8-3-12)23(22)17-9-6-15(10-14(17)11-19)20-18(21)13-4-5-13/h2-3,6-10,13H,4-5H2,1H3,(H,20,21)/t23-/m0/s1. The van der Waals surface area contributed by atoms with E-state index in [0.29, 0.717) is 21.0 Å². The lowest BCUT2D eigenvalue weighted by Crippen LogP contribution is -2.13. The molecule has 1 fully saturated rings. The number of carbonyl (C=O) groups excluding carboxylic acids is 1. The largest absolute Gasteiger partial charge is 0.326 e. The number of nitriles is 1. The van der Waals surface area contributed by atoms with Crippen LogP contribution in [0.4, 0.5) is 5.69 Å². The number of carbonyl (C=O) groups is 1. The summed E-state index contributed by atoms with van der Waals surface area (Å²) >= 11 is 0. The van der Waals surface area contributed by atoms with E-state index in [9.17, 15) is 14.3 Å². The van der Waals surface area contributed by atoms with Gasteiger partial charge in [-0.05, 0) is 50.1 Å². The van der Waals surface area contributed by atoms with Crippen molar-refractivity contribution in [1.82, 2.24) is 0 Å². The predicted molar refractivity (Wildman–Crippen MR) is 88.4 cm³/mol. The Bertz CT molecular complexity index is 818. The predicted octanol–water partition coefficient (Wildman–Crippen LogP) is 3.38. The molecule has 0 unspecified atom stereocenters. The molecule has 0 saturated heterocycles. The van der Waals surface area contributed by atoms with Gasteiger partial charge >= 0.3 is 0 Å². The van der Waals surface area contributed by atoms with E-state index in [1.54, 1.807) is 30.3 Å². The number of rotatable bonds is 4. The molecule has 0 aliphatic heterocycles. The molecule has 116 valence electrons. The summed E-state index contributed by atoms with van der Waals surface area (Å²) in [7, 11) is -1.42. The molecule has 0 heterocycles. The molecule has 2 aromatic carbocycles. The second-order valence-electron chi connectivity index (χ2n) is 5.67. The molecular weight excluding hydrogens is 308 g/mol. The topological polar surface area (TPSA) is 70.0 Å². The van der Waals surface area contributed by atoms with Crippen LogP contribution in [-0.2, 0) is 15.6 Å². The van der Waals surface area contributed by atoms with Gasteiger partial charge < -0.3 is 5.32 Å². The summed E-state index contributed by atoms with van der Waals surface area (Å²) in [5.41, 5.74) is 1.98. The zero-order valence-electron chi connectivity index (χ0n) is 12.7. The molecule has 1 N–H and O–H groups in total. The maximum atomic E-state index is 12.7. The first-order valence-electron chi connectivity index (χ1n) is 7.42. The van der Waals surface area contributed by atoms with Crippen molar-refractivity contribution in [2.24, 2.45) is 5.92 Å². The highest BCUT2D eigenvalue weighted by atomic mass is 32.2. The maximum Gasteiger partial charge on any atom is 0.227 e. The van der Waals surface area contributed by atoms with E-state index in [2.05, 4.69) is 11.4 Å². The van der Waals surface area contributed by atoms with Crippen molar-refractivity contribution in [3.05, 3.63) is 53.6 Å². The number of nitrogens with zero attached hydrogens (tertiary/aromatic N) is 1. The van der Waals surface area contributed by atoms with E-state index >= 15 is 0 Å². The van der Waals surface area contributed by atoms with Crippen LogP contribution in [0.1, 0.15) is 24.0 Å². The van der Waals surface area contributed by atoms with E-state index in [0.717, 1.165) is 18.4 Å². The fraction of sp³-hybridized carbons (Fsp3) is 0.222. The average molecular weight is 324 g/mol. The Balaban J connectivity index is 1.87. The van der Waals surface area contributed by atoms with Crippen molar-refractivity contribution in [1.29, 1.82) is 5.26 Å². The van der Waals surface area contributed by atoms with Crippen molar-refractivity contribution in [2.75, 3.05) is 5.32 Å². The first kappa shape index (κ1) is 15.4. The number of nitrogens with one attached hydrogen (secondary N) is 1. The van der Waals surface area contributed by atoms with Crippen LogP contribution in [0.15, 0.2) is 52.3 Å². The fourth-order valence-corrected chi connectivity index (χ4v) is 3.37. The van der Waals surface area contributed by atoms with E-state index < -0.39 is 10.8 Å². The van der Waals surface area contributed by atoms with Gasteiger partial charge in [-0.25, -0.2) is 4.21 Å². The normalized spacial score (nSPS) is 14.8. The minimum absolute atomic E-state index is 0.0127. The minimum atomic E-state index is -1.42. The summed E-state index contributed by atoms with van der Waals surface area (Å²) in [6, 6.07) is 14.4. The van der Waals surface area contributed by atoms with Crippen molar-refractivity contribution < 1.29 is 9.00 Å². The highest BCUT2D eigenvalue weighted by Crippen LogP contribution is 2.31. The van der Waals surface area contributed by atoms with E-state index in [1.165, 1.54) is 0 Å². The van der Waals surface area contributed by atoms with Crippen LogP contribution in [-0.4, -0.2) is 10.1 Å². The minimum Gasteiger partial charge on any atom is -0.326 e. The van der Waals surface area contributed by atoms with Crippen LogP contribution in [0.3, 0.4) is 0 Å². The Morgan fingerprint density at radius 3 is 2.52 bits per heavy atom. The number of anilines is 1. The molecule has 1 saturated carbocycles. The van der Waals surface area contributed by atoms with E-state index in [4.69, 9.17) is 0 Å². The molecule has 1 atom stereocenters. The lowest BCUT2D eigenvalue weighted by atomic mass is 10.2. The highest BCUT2D eigenvalue weighted by molar-refractivity contribution is 7.85. The molecule has 2 aromatic rings. The second-order valence-corrected chi connectivity index (χ2v) is 7.12. The van der Waals surface area contributed by atoms with Gasteiger partial charge in [0.15, 0.2) is 0 Å². The Kier molecular flexibility index (Phi) is 4.26. The molecule has 0 bridgehead atoms. The molecule has 3 rings (SSSR count). The van der Waals surface area contributed by atoms with Crippen molar-refractivity contribution in [2.45, 2.75) is 29.6 Å². The number of amides is 1. The maximum absolute atomic E-state index is 12.7. The number of hydrogen-bond acceptors (Lipinski definition) is 3. The summed E-state index contributed by atoms with van der Waals surface area (Å²) < 4.78 is 12.7. The SMILES string of the molecule is Cc1ccc([S@](=O)c2ccc(NC(=O)C3CC3)cc2C#N)cc1. The van der Waals surface area contributed by atoms with E-state index in [-0.39, 0.29) is 11.8 Å². The third-order valence-corrected chi connectivity index (χ3v) is 5.21. The third kappa shape index (κ3) is 3.49. The molecule has 0 radical (unpaired) electrons. The smallest absolute Gasteiger partial charge is 0.227 e. The summed E-state index contributed by atoms with van der Waals surface area (Å²) in [6.45, 7) is 1.96. The van der Waals surface area contributed by atoms with Gasteiger partial charge in [-0.15, -0.1) is 0 Å². The van der Waals surface area contributed by atoms with Gasteiger partial charge in [0.1, 0.15) is 6.07 Å². The molecule has 4 nitrogen and oxygen atoms in total. The number of benzene rings is 2. The quantitative estimate of drug-likeness (QED) is 0.937. The first-order chi connectivity index (χ1) is 11.1. The summed E-state index contributed by atoms with van der Waals surface area (Å²) in [5, 5.41) is 12.1. The van der Waals surface area contributed by atoms with Gasteiger partial charge in [-0.3, -0.25) is 4.79 Å². The molecule has 0 spiro atoms. The van der Waals surface area contributed by atoms with Crippen LogP contribution < -0.4 is 5.32 Å². The lowest BCUT2D eigenvalue weighted by Gasteiger charge is -2.09. The summed E-state index contributed by atoms with van der Waals surface area (Å²) in [6.07, 6.45) is 1.85. The molecule has 1 amide bonds. The fourth-order valence-electron chi connectivity index (χ4n) is 2.24. The van der Waals surface area contributed by atoms with Gasteiger partial charge in [0, 0.05) is 16.5 Å². The van der Waals surface area contributed by atoms with Crippen molar-refractivity contribution >= 4 is 22.4 Å². The van der Waals surface area contributed by atoms with Crippen LogP contribution in [0.2, 0.25) is 0 Å². The zero-order valence-corrected chi connectivity index (χ0v) is 13.5. The van der Waals surface area contributed by atoms with E-state index in [1.807, 2.05) is 19.1 Å². The third-order valence-electron chi connectivity index (χ3n) is 3.75. The van der Waals surface area contributed by atoms with Crippen molar-refractivity contribution in [3.63, 3.8) is 0 Å². The van der Waals surface area contributed by atoms with Crippen molar-refractivity contribution in [3.8, 4) is 6.07 Å². The first-order valence-corrected chi connectivity index (χ1v) is 8.57. The molecule has 1 aliphatic carbocycles. The van der Waals surface area contributed by atoms with Gasteiger partial charge in [0.05, 0.1) is 21.3 Å². The van der Waals surface area contributed by atoms with Gasteiger partial charge in [-0.1, -0.05) is 17.7 Å². The van der Waals surface area contributed by atoms with Gasteiger partial charge in [0.2, 0.25) is 5.91 Å². The number of aryl methyl sites for hydroxylation is 1. The van der Waals surface area contributed by atoms with Gasteiger partial charge in [-0.2, -0.15) is 5.26 Å². The highest BCUT2D eigenvalue weighted by Gasteiger charge is 2.29. The molecule has 1 aliphatic rings. The molecule has 5 heteroatoms. The summed E-state index contributed by atoms with van der Waals surface area (Å²) in [4.78, 5) is 12.9. The zero-order chi connectivity index (χ0) is 16.4. The Morgan fingerprint density at radius 2 is 1.91 bits per heavy atom. The Labute approximate surface area is 137 Å². The monoisotopic (exact) mass is 324 g/mol. The molecule has 23 heavy (non-hydrogen) atoms. The molecule has 0 aromatic heterocycles. The Hall–Kier alpha value is -2.45. The Morgan fingerprint density at radius 1 is 1.22 bits per heavy atom. The second kappa shape index (κ2) is 6.35. The van der Waals surface area contributed by atoms with Crippen LogP contribution in [0.5, 0.6) is 0 Å². The average Bonchev–Trinajstić information content (AvgIpc) is 3.40.